The standard InChI is InChI=1S/C12H21N3O/c1-5-7-13-11-8-12(15-10(4)14-11)16-9(3)6-2/h8-9H,5-7H2,1-4H3,(H,13,14,15). The Labute approximate surface area is 97.5 Å². The summed E-state index contributed by atoms with van der Waals surface area (Å²) >= 11 is 0. The minimum absolute atomic E-state index is 0.188. The second-order valence-electron chi connectivity index (χ2n) is 3.90. The third kappa shape index (κ3) is 4.04. The summed E-state index contributed by atoms with van der Waals surface area (Å²) in [6, 6.07) is 1.86. The van der Waals surface area contributed by atoms with E-state index in [2.05, 4.69) is 29.1 Å². The number of ether oxygens (including phenoxy) is 1. The molecule has 90 valence electrons. The molecular formula is C12H21N3O. The Bertz CT molecular complexity index is 328. The van der Waals surface area contributed by atoms with Gasteiger partial charge in [-0.2, -0.15) is 4.98 Å². The van der Waals surface area contributed by atoms with Gasteiger partial charge in [0, 0.05) is 12.6 Å². The van der Waals surface area contributed by atoms with Crippen LogP contribution in [0.1, 0.15) is 39.4 Å². The van der Waals surface area contributed by atoms with Crippen LogP contribution in [0.3, 0.4) is 0 Å². The van der Waals surface area contributed by atoms with Gasteiger partial charge in [0.15, 0.2) is 0 Å². The first kappa shape index (κ1) is 12.7. The van der Waals surface area contributed by atoms with E-state index in [4.69, 9.17) is 4.74 Å². The largest absolute Gasteiger partial charge is 0.475 e. The van der Waals surface area contributed by atoms with Crippen LogP contribution in [-0.4, -0.2) is 22.6 Å². The average Bonchev–Trinajstić information content (AvgIpc) is 2.25. The first-order valence-corrected chi connectivity index (χ1v) is 5.91. The monoisotopic (exact) mass is 223 g/mol. The van der Waals surface area contributed by atoms with E-state index in [0.717, 1.165) is 31.0 Å². The molecule has 1 N–H and O–H groups in total. The van der Waals surface area contributed by atoms with Gasteiger partial charge in [-0.3, -0.25) is 0 Å². The van der Waals surface area contributed by atoms with Gasteiger partial charge >= 0.3 is 0 Å². The third-order valence-electron chi connectivity index (χ3n) is 2.27. The lowest BCUT2D eigenvalue weighted by Gasteiger charge is -2.13. The lowest BCUT2D eigenvalue weighted by molar-refractivity contribution is 0.208. The molecule has 4 nitrogen and oxygen atoms in total. The van der Waals surface area contributed by atoms with Crippen molar-refractivity contribution in [2.45, 2.75) is 46.6 Å². The lowest BCUT2D eigenvalue weighted by atomic mass is 10.3. The average molecular weight is 223 g/mol. The zero-order valence-electron chi connectivity index (χ0n) is 10.6. The molecule has 0 radical (unpaired) electrons. The van der Waals surface area contributed by atoms with E-state index < -0.39 is 0 Å². The van der Waals surface area contributed by atoms with Gasteiger partial charge in [-0.05, 0) is 26.7 Å². The van der Waals surface area contributed by atoms with Crippen LogP contribution in [0.5, 0.6) is 5.88 Å². The fourth-order valence-electron chi connectivity index (χ4n) is 1.23. The summed E-state index contributed by atoms with van der Waals surface area (Å²) in [5, 5.41) is 3.24. The summed E-state index contributed by atoms with van der Waals surface area (Å²) in [6.45, 7) is 9.04. The quantitative estimate of drug-likeness (QED) is 0.805. The lowest BCUT2D eigenvalue weighted by Crippen LogP contribution is -2.12. The summed E-state index contributed by atoms with van der Waals surface area (Å²) in [6.07, 6.45) is 2.24. The summed E-state index contributed by atoms with van der Waals surface area (Å²) < 4.78 is 5.67. The highest BCUT2D eigenvalue weighted by atomic mass is 16.5. The first-order chi connectivity index (χ1) is 7.65. The van der Waals surface area contributed by atoms with Gasteiger partial charge < -0.3 is 10.1 Å². The number of aromatic nitrogens is 2. The van der Waals surface area contributed by atoms with Gasteiger partial charge in [-0.15, -0.1) is 0 Å². The fourth-order valence-corrected chi connectivity index (χ4v) is 1.23. The van der Waals surface area contributed by atoms with Crippen LogP contribution in [0, 0.1) is 6.92 Å². The van der Waals surface area contributed by atoms with Gasteiger partial charge in [-0.25, -0.2) is 4.98 Å². The smallest absolute Gasteiger partial charge is 0.218 e. The van der Waals surface area contributed by atoms with Gasteiger partial charge in [-0.1, -0.05) is 13.8 Å². The van der Waals surface area contributed by atoms with Crippen molar-refractivity contribution in [1.29, 1.82) is 0 Å². The van der Waals surface area contributed by atoms with Crippen LogP contribution in [0.2, 0.25) is 0 Å². The van der Waals surface area contributed by atoms with Crippen LogP contribution in [0.4, 0.5) is 5.82 Å². The van der Waals surface area contributed by atoms with Crippen LogP contribution >= 0.6 is 0 Å². The van der Waals surface area contributed by atoms with Crippen LogP contribution < -0.4 is 10.1 Å². The van der Waals surface area contributed by atoms with Crippen LogP contribution in [0.15, 0.2) is 6.07 Å². The van der Waals surface area contributed by atoms with E-state index in [9.17, 15) is 0 Å². The summed E-state index contributed by atoms with van der Waals surface area (Å²) in [5.74, 6) is 2.23. The molecule has 0 amide bonds. The molecule has 1 heterocycles. The van der Waals surface area contributed by atoms with Crippen molar-refractivity contribution in [2.75, 3.05) is 11.9 Å². The molecule has 0 fully saturated rings. The Kier molecular flexibility index (Phi) is 5.02. The van der Waals surface area contributed by atoms with Crippen molar-refractivity contribution in [2.24, 2.45) is 0 Å². The third-order valence-corrected chi connectivity index (χ3v) is 2.27. The molecule has 0 aliphatic carbocycles. The maximum absolute atomic E-state index is 5.67. The molecule has 1 aromatic heterocycles. The molecule has 0 aliphatic rings. The molecule has 1 aromatic rings. The normalized spacial score (nSPS) is 12.2. The van der Waals surface area contributed by atoms with Gasteiger partial charge in [0.1, 0.15) is 11.6 Å². The summed E-state index contributed by atoms with van der Waals surface area (Å²) in [7, 11) is 0. The molecule has 4 heteroatoms. The first-order valence-electron chi connectivity index (χ1n) is 5.91. The Morgan fingerprint density at radius 2 is 2.12 bits per heavy atom. The van der Waals surface area contributed by atoms with E-state index in [1.807, 2.05) is 19.9 Å². The Balaban J connectivity index is 2.73. The minimum Gasteiger partial charge on any atom is -0.475 e. The number of nitrogens with zero attached hydrogens (tertiary/aromatic N) is 2. The number of nitrogens with one attached hydrogen (secondary N) is 1. The van der Waals surface area contributed by atoms with Crippen molar-refractivity contribution in [1.82, 2.24) is 9.97 Å². The SMILES string of the molecule is CCCNc1cc(OC(C)CC)nc(C)n1. The Morgan fingerprint density at radius 1 is 1.38 bits per heavy atom. The minimum atomic E-state index is 0.188. The molecule has 0 spiro atoms. The molecule has 1 unspecified atom stereocenters. The maximum Gasteiger partial charge on any atom is 0.218 e. The Morgan fingerprint density at radius 3 is 2.75 bits per heavy atom. The van der Waals surface area contributed by atoms with Gasteiger partial charge in [0.25, 0.3) is 0 Å². The molecule has 0 aliphatic heterocycles. The number of aryl methyl sites for hydroxylation is 1. The second-order valence-corrected chi connectivity index (χ2v) is 3.90. The van der Waals surface area contributed by atoms with Gasteiger partial charge in [0.2, 0.25) is 5.88 Å². The van der Waals surface area contributed by atoms with Crippen molar-refractivity contribution in [3.8, 4) is 5.88 Å². The predicted molar refractivity (Wildman–Crippen MR) is 65.9 cm³/mol. The van der Waals surface area contributed by atoms with Gasteiger partial charge in [0.05, 0.1) is 6.10 Å². The molecular weight excluding hydrogens is 202 g/mol. The summed E-state index contributed by atoms with van der Waals surface area (Å²) in [5.41, 5.74) is 0. The van der Waals surface area contributed by atoms with Crippen LogP contribution in [-0.2, 0) is 0 Å². The maximum atomic E-state index is 5.67. The molecule has 1 atom stereocenters. The van der Waals surface area contributed by atoms with Crippen molar-refractivity contribution < 1.29 is 4.74 Å². The highest BCUT2D eigenvalue weighted by molar-refractivity contribution is 5.38. The number of anilines is 1. The molecule has 0 bridgehead atoms. The number of hydrogen-bond donors (Lipinski definition) is 1. The highest BCUT2D eigenvalue weighted by Crippen LogP contribution is 2.15. The van der Waals surface area contributed by atoms with E-state index >= 15 is 0 Å². The zero-order chi connectivity index (χ0) is 12.0. The number of rotatable bonds is 6. The molecule has 0 saturated heterocycles. The molecule has 0 aromatic carbocycles. The van der Waals surface area contributed by atoms with Crippen molar-refractivity contribution >= 4 is 5.82 Å². The van der Waals surface area contributed by atoms with Crippen molar-refractivity contribution in [3.05, 3.63) is 11.9 Å². The summed E-state index contributed by atoms with van der Waals surface area (Å²) in [4.78, 5) is 8.56. The van der Waals surface area contributed by atoms with E-state index in [1.54, 1.807) is 0 Å². The second kappa shape index (κ2) is 6.30. The highest BCUT2D eigenvalue weighted by Gasteiger charge is 2.05. The van der Waals surface area contributed by atoms with Crippen LogP contribution in [0.25, 0.3) is 0 Å². The van der Waals surface area contributed by atoms with E-state index in [0.29, 0.717) is 5.88 Å². The van der Waals surface area contributed by atoms with Crippen molar-refractivity contribution in [3.63, 3.8) is 0 Å². The fraction of sp³-hybridized carbons (Fsp3) is 0.667. The topological polar surface area (TPSA) is 47.0 Å². The molecule has 16 heavy (non-hydrogen) atoms. The van der Waals surface area contributed by atoms with E-state index in [-0.39, 0.29) is 6.10 Å². The molecule has 1 rings (SSSR count). The Hall–Kier alpha value is -1.32. The predicted octanol–water partition coefficient (Wildman–Crippen LogP) is 2.78. The number of hydrogen-bond acceptors (Lipinski definition) is 4. The molecule has 0 saturated carbocycles. The van der Waals surface area contributed by atoms with E-state index in [1.165, 1.54) is 0 Å². The zero-order valence-corrected chi connectivity index (χ0v) is 10.6.